The number of rotatable bonds is 8. The number of hydrogen-bond donors (Lipinski definition) is 1. The third-order valence-electron chi connectivity index (χ3n) is 5.46. The smallest absolute Gasteiger partial charge is 0.423 e. The molecule has 3 atom stereocenters. The van der Waals surface area contributed by atoms with Crippen LogP contribution in [0.4, 0.5) is 13.2 Å². The summed E-state index contributed by atoms with van der Waals surface area (Å²) >= 11 is 5.29. The van der Waals surface area contributed by atoms with E-state index in [1.54, 1.807) is 4.98 Å². The third kappa shape index (κ3) is 6.24. The van der Waals surface area contributed by atoms with Crippen molar-refractivity contribution in [2.45, 2.75) is 51.5 Å². The summed E-state index contributed by atoms with van der Waals surface area (Å²) in [5.41, 5.74) is -3.11. The van der Waals surface area contributed by atoms with Crippen LogP contribution in [0.5, 0.6) is 0 Å². The Balaban J connectivity index is 1.81. The Hall–Kier alpha value is -2.70. The number of thiocarbonyl (C=S) groups is 1. The van der Waals surface area contributed by atoms with Crippen molar-refractivity contribution in [1.82, 2.24) is 14.5 Å². The monoisotopic (exact) mass is 501 g/mol. The van der Waals surface area contributed by atoms with Gasteiger partial charge in [-0.25, -0.2) is 4.79 Å². The molecule has 0 aliphatic carbocycles. The van der Waals surface area contributed by atoms with E-state index in [1.165, 1.54) is 0 Å². The lowest BCUT2D eigenvalue weighted by atomic mass is 10.1. The fourth-order valence-corrected chi connectivity index (χ4v) is 3.93. The summed E-state index contributed by atoms with van der Waals surface area (Å²) in [5, 5.41) is 0.263. The molecule has 0 amide bonds. The number of ether oxygens (including phenoxy) is 3. The van der Waals surface area contributed by atoms with Crippen LogP contribution in [0.15, 0.2) is 46.1 Å². The summed E-state index contributed by atoms with van der Waals surface area (Å²) in [5.74, 6) is 0. The average molecular weight is 502 g/mol. The standard InChI is InChI=1S/C22H26F3N3O5S/c1-3-27(4-2)21(34)32-13-17-16(31-12-14-8-6-5-7-9-14)10-18(33-17)28-11-15(22(23,24)25)19(29)26-20(28)30/h5-9,11,16-18H,3-4,10,12-13H2,1-2H3,(H,26,29,30)/t16-,17+,18-/m0/s1. The fraction of sp³-hybridized carbons (Fsp3) is 0.500. The van der Waals surface area contributed by atoms with E-state index < -0.39 is 41.4 Å². The lowest BCUT2D eigenvalue weighted by molar-refractivity contribution is -0.139. The minimum atomic E-state index is -4.93. The predicted molar refractivity (Wildman–Crippen MR) is 121 cm³/mol. The highest BCUT2D eigenvalue weighted by Gasteiger charge is 2.40. The van der Waals surface area contributed by atoms with Crippen molar-refractivity contribution < 1.29 is 27.4 Å². The Kier molecular flexibility index (Phi) is 8.50. The number of aromatic nitrogens is 2. The van der Waals surface area contributed by atoms with E-state index in [1.807, 2.05) is 49.1 Å². The van der Waals surface area contributed by atoms with Gasteiger partial charge in [0.1, 0.15) is 24.5 Å². The molecule has 0 radical (unpaired) electrons. The molecule has 3 rings (SSSR count). The molecule has 1 saturated heterocycles. The van der Waals surface area contributed by atoms with Gasteiger partial charge in [0, 0.05) is 25.7 Å². The van der Waals surface area contributed by atoms with E-state index in [4.69, 9.17) is 26.4 Å². The van der Waals surface area contributed by atoms with Crippen LogP contribution >= 0.6 is 12.2 Å². The molecule has 0 spiro atoms. The van der Waals surface area contributed by atoms with Gasteiger partial charge in [-0.05, 0) is 31.6 Å². The predicted octanol–water partition coefficient (Wildman–Crippen LogP) is 3.07. The topological polar surface area (TPSA) is 85.8 Å². The molecule has 0 bridgehead atoms. The van der Waals surface area contributed by atoms with Gasteiger partial charge in [0.25, 0.3) is 10.7 Å². The van der Waals surface area contributed by atoms with Crippen LogP contribution in [0.2, 0.25) is 0 Å². The summed E-state index contributed by atoms with van der Waals surface area (Å²) in [6.07, 6.45) is -6.79. The molecule has 2 aromatic rings. The molecule has 1 aromatic carbocycles. The molecule has 12 heteroatoms. The summed E-state index contributed by atoms with van der Waals surface area (Å²) in [4.78, 5) is 27.5. The molecular weight excluding hydrogens is 475 g/mol. The van der Waals surface area contributed by atoms with Crippen LogP contribution in [-0.2, 0) is 27.0 Å². The number of benzene rings is 1. The molecule has 2 heterocycles. The van der Waals surface area contributed by atoms with Gasteiger partial charge in [-0.15, -0.1) is 0 Å². The van der Waals surface area contributed by atoms with Gasteiger partial charge in [0.15, 0.2) is 0 Å². The van der Waals surface area contributed by atoms with Gasteiger partial charge in [-0.1, -0.05) is 30.3 Å². The summed E-state index contributed by atoms with van der Waals surface area (Å²) in [7, 11) is 0. The Morgan fingerprint density at radius 2 is 1.91 bits per heavy atom. The molecule has 1 aliphatic heterocycles. The van der Waals surface area contributed by atoms with Crippen molar-refractivity contribution in [2.24, 2.45) is 0 Å². The highest BCUT2D eigenvalue weighted by atomic mass is 32.1. The number of hydrogen-bond acceptors (Lipinski definition) is 6. The molecule has 1 fully saturated rings. The van der Waals surface area contributed by atoms with Crippen molar-refractivity contribution in [1.29, 1.82) is 0 Å². The van der Waals surface area contributed by atoms with Gasteiger partial charge < -0.3 is 19.1 Å². The second kappa shape index (κ2) is 11.2. The van der Waals surface area contributed by atoms with E-state index in [0.29, 0.717) is 19.3 Å². The van der Waals surface area contributed by atoms with Crippen molar-refractivity contribution in [3.8, 4) is 0 Å². The van der Waals surface area contributed by atoms with Crippen LogP contribution in [0.3, 0.4) is 0 Å². The maximum absolute atomic E-state index is 13.2. The largest absolute Gasteiger partial charge is 0.468 e. The number of halogens is 3. The first-order valence-corrected chi connectivity index (χ1v) is 11.2. The zero-order chi connectivity index (χ0) is 24.9. The zero-order valence-corrected chi connectivity index (χ0v) is 19.5. The first kappa shape index (κ1) is 25.9. The number of nitrogens with zero attached hydrogens (tertiary/aromatic N) is 2. The highest BCUT2D eigenvalue weighted by Crippen LogP contribution is 2.32. The molecule has 8 nitrogen and oxygen atoms in total. The average Bonchev–Trinajstić information content (AvgIpc) is 3.19. The molecule has 186 valence electrons. The number of nitrogens with one attached hydrogen (secondary N) is 1. The number of alkyl halides is 3. The van der Waals surface area contributed by atoms with E-state index in [-0.39, 0.29) is 24.8 Å². The molecule has 1 aromatic heterocycles. The van der Waals surface area contributed by atoms with Crippen molar-refractivity contribution in [3.63, 3.8) is 0 Å². The summed E-state index contributed by atoms with van der Waals surface area (Å²) in [6.45, 7) is 5.35. The molecule has 0 saturated carbocycles. The Labute approximate surface area is 199 Å². The second-order valence-electron chi connectivity index (χ2n) is 7.66. The van der Waals surface area contributed by atoms with Crippen molar-refractivity contribution in [3.05, 3.63) is 68.5 Å². The van der Waals surface area contributed by atoms with Crippen molar-refractivity contribution in [2.75, 3.05) is 19.7 Å². The molecule has 1 aliphatic rings. The zero-order valence-electron chi connectivity index (χ0n) is 18.7. The Morgan fingerprint density at radius 3 is 2.53 bits per heavy atom. The highest BCUT2D eigenvalue weighted by molar-refractivity contribution is 7.80. The summed E-state index contributed by atoms with van der Waals surface area (Å²) < 4.78 is 58.0. The van der Waals surface area contributed by atoms with Crippen LogP contribution in [0.25, 0.3) is 0 Å². The Bertz CT molecular complexity index is 1090. The Morgan fingerprint density at radius 1 is 1.24 bits per heavy atom. The molecule has 0 unspecified atom stereocenters. The van der Waals surface area contributed by atoms with E-state index in [2.05, 4.69) is 0 Å². The SMILES string of the molecule is CCN(CC)C(=S)OC[C@H]1O[C@H](n2cc(C(F)(F)F)c(=O)[nH]c2=O)C[C@@H]1OCc1ccccc1. The lowest BCUT2D eigenvalue weighted by Gasteiger charge is -2.24. The molecule has 1 N–H and O–H groups in total. The molecular formula is C22H26F3N3O5S. The van der Waals surface area contributed by atoms with E-state index >= 15 is 0 Å². The van der Waals surface area contributed by atoms with Crippen LogP contribution in [0, 0.1) is 0 Å². The molecule has 34 heavy (non-hydrogen) atoms. The van der Waals surface area contributed by atoms with Gasteiger partial charge in [0.05, 0.1) is 12.7 Å². The first-order chi connectivity index (χ1) is 16.1. The van der Waals surface area contributed by atoms with Gasteiger partial charge >= 0.3 is 11.9 Å². The van der Waals surface area contributed by atoms with Gasteiger partial charge in [0.2, 0.25) is 0 Å². The number of H-pyrrole nitrogens is 1. The minimum absolute atomic E-state index is 0.0183. The quantitative estimate of drug-likeness (QED) is 0.557. The minimum Gasteiger partial charge on any atom is -0.468 e. The lowest BCUT2D eigenvalue weighted by Crippen LogP contribution is -2.37. The van der Waals surface area contributed by atoms with Crippen LogP contribution < -0.4 is 11.2 Å². The van der Waals surface area contributed by atoms with E-state index in [0.717, 1.165) is 10.1 Å². The fourth-order valence-electron chi connectivity index (χ4n) is 3.60. The maximum atomic E-state index is 13.2. The van der Waals surface area contributed by atoms with Crippen LogP contribution in [-0.4, -0.2) is 51.5 Å². The van der Waals surface area contributed by atoms with Crippen LogP contribution in [0.1, 0.15) is 37.6 Å². The number of aromatic amines is 1. The van der Waals surface area contributed by atoms with Gasteiger partial charge in [-0.2, -0.15) is 13.2 Å². The second-order valence-corrected chi connectivity index (χ2v) is 8.01. The van der Waals surface area contributed by atoms with E-state index in [9.17, 15) is 22.8 Å². The maximum Gasteiger partial charge on any atom is 0.423 e. The van der Waals surface area contributed by atoms with Gasteiger partial charge in [-0.3, -0.25) is 14.3 Å². The van der Waals surface area contributed by atoms with Crippen molar-refractivity contribution >= 4 is 17.4 Å². The normalized spacial score (nSPS) is 20.3. The first-order valence-electron chi connectivity index (χ1n) is 10.8. The summed E-state index contributed by atoms with van der Waals surface area (Å²) in [6, 6.07) is 9.32. The third-order valence-corrected chi connectivity index (χ3v) is 5.84.